The summed E-state index contributed by atoms with van der Waals surface area (Å²) in [6, 6.07) is 10.8. The summed E-state index contributed by atoms with van der Waals surface area (Å²) in [5.74, 6) is 0.946. The Kier molecular flexibility index (Phi) is 4.57. The lowest BCUT2D eigenvalue weighted by molar-refractivity contribution is -0.116. The number of aromatic nitrogens is 1. The minimum absolute atomic E-state index is 0.0272. The average Bonchev–Trinajstić information content (AvgIpc) is 3.06. The van der Waals surface area contributed by atoms with E-state index in [1.54, 1.807) is 31.4 Å². The average molecular weight is 337 g/mol. The lowest BCUT2D eigenvalue weighted by Crippen LogP contribution is -2.00. The molecule has 0 radical (unpaired) electrons. The van der Waals surface area contributed by atoms with E-state index < -0.39 is 0 Å². The van der Waals surface area contributed by atoms with Gasteiger partial charge in [0.25, 0.3) is 0 Å². The van der Waals surface area contributed by atoms with Crippen LogP contribution in [0.25, 0.3) is 22.7 Å². The fraction of sp³-hybridized carbons (Fsp3) is 0.200. The third-order valence-corrected chi connectivity index (χ3v) is 4.09. The maximum absolute atomic E-state index is 11.4. The predicted octanol–water partition coefficient (Wildman–Crippen LogP) is 4.16. The van der Waals surface area contributed by atoms with Crippen molar-refractivity contribution in [3.63, 3.8) is 0 Å². The number of phenolic OH excluding ortho intramolecular Hbond substituents is 1. The Morgan fingerprint density at radius 2 is 2.08 bits per heavy atom. The molecule has 0 aliphatic carbocycles. The molecule has 1 heterocycles. The van der Waals surface area contributed by atoms with Crippen LogP contribution >= 0.6 is 0 Å². The minimum atomic E-state index is 0.0272. The number of ether oxygens (including phenoxy) is 1. The number of aromatic hydroxyl groups is 1. The van der Waals surface area contributed by atoms with Gasteiger partial charge in [-0.05, 0) is 43.2 Å². The highest BCUT2D eigenvalue weighted by Gasteiger charge is 2.14. The zero-order valence-electron chi connectivity index (χ0n) is 14.4. The van der Waals surface area contributed by atoms with Crippen molar-refractivity contribution in [2.45, 2.75) is 20.3 Å². The van der Waals surface area contributed by atoms with Crippen LogP contribution in [0.2, 0.25) is 0 Å². The second kappa shape index (κ2) is 6.81. The van der Waals surface area contributed by atoms with E-state index in [1.807, 2.05) is 25.1 Å². The first-order chi connectivity index (χ1) is 12.0. The van der Waals surface area contributed by atoms with Gasteiger partial charge >= 0.3 is 0 Å². The number of methoxy groups -OCH3 is 1. The molecule has 0 unspecified atom stereocenters. The smallest absolute Gasteiger partial charge is 0.226 e. The standard InChI is InChI=1S/C20H19NO4/c1-12(22)9-14-5-4-6-16(13(14)2)17-11-25-20(21-17)15-7-8-19(24-3)18(23)10-15/h4-8,10-11,23H,9H2,1-3H3. The van der Waals surface area contributed by atoms with Gasteiger partial charge in [-0.25, -0.2) is 4.98 Å². The first-order valence-electron chi connectivity index (χ1n) is 7.90. The molecule has 0 saturated carbocycles. The second-order valence-electron chi connectivity index (χ2n) is 5.89. The summed E-state index contributed by atoms with van der Waals surface area (Å²) in [4.78, 5) is 15.9. The van der Waals surface area contributed by atoms with Gasteiger partial charge in [0, 0.05) is 17.5 Å². The third kappa shape index (κ3) is 3.40. The summed E-state index contributed by atoms with van der Waals surface area (Å²) >= 11 is 0. The molecule has 0 spiro atoms. The highest BCUT2D eigenvalue weighted by atomic mass is 16.5. The zero-order chi connectivity index (χ0) is 18.0. The number of rotatable bonds is 5. The molecule has 0 amide bonds. The van der Waals surface area contributed by atoms with Crippen molar-refractivity contribution in [2.24, 2.45) is 0 Å². The van der Waals surface area contributed by atoms with E-state index >= 15 is 0 Å². The van der Waals surface area contributed by atoms with Crippen molar-refractivity contribution in [3.05, 3.63) is 53.8 Å². The molecule has 128 valence electrons. The van der Waals surface area contributed by atoms with Gasteiger partial charge in [-0.3, -0.25) is 4.79 Å². The predicted molar refractivity (Wildman–Crippen MR) is 94.7 cm³/mol. The van der Waals surface area contributed by atoms with Gasteiger partial charge < -0.3 is 14.3 Å². The van der Waals surface area contributed by atoms with Gasteiger partial charge in [0.1, 0.15) is 17.7 Å². The Bertz CT molecular complexity index is 927. The van der Waals surface area contributed by atoms with Crippen LogP contribution in [0.5, 0.6) is 11.5 Å². The maximum atomic E-state index is 11.4. The Balaban J connectivity index is 1.97. The number of hydrogen-bond acceptors (Lipinski definition) is 5. The van der Waals surface area contributed by atoms with Crippen molar-refractivity contribution in [2.75, 3.05) is 7.11 Å². The van der Waals surface area contributed by atoms with E-state index in [9.17, 15) is 9.90 Å². The van der Waals surface area contributed by atoms with Crippen LogP contribution in [0.1, 0.15) is 18.1 Å². The topological polar surface area (TPSA) is 72.6 Å². The number of ketones is 1. The summed E-state index contributed by atoms with van der Waals surface area (Å²) in [6.45, 7) is 3.55. The summed E-state index contributed by atoms with van der Waals surface area (Å²) in [7, 11) is 1.49. The molecule has 5 nitrogen and oxygen atoms in total. The van der Waals surface area contributed by atoms with Crippen molar-refractivity contribution in [1.29, 1.82) is 0 Å². The number of carbonyl (C=O) groups excluding carboxylic acids is 1. The minimum Gasteiger partial charge on any atom is -0.504 e. The number of carbonyl (C=O) groups is 1. The molecule has 0 bridgehead atoms. The third-order valence-electron chi connectivity index (χ3n) is 4.09. The molecule has 5 heteroatoms. The Hall–Kier alpha value is -3.08. The summed E-state index contributed by atoms with van der Waals surface area (Å²) in [5.41, 5.74) is 4.26. The van der Waals surface area contributed by atoms with E-state index in [0.29, 0.717) is 29.3 Å². The largest absolute Gasteiger partial charge is 0.504 e. The maximum Gasteiger partial charge on any atom is 0.226 e. The molecule has 0 atom stereocenters. The number of Topliss-reactive ketones (excluding diaryl/α,β-unsaturated/α-hetero) is 1. The molecule has 3 rings (SSSR count). The number of nitrogens with zero attached hydrogens (tertiary/aromatic N) is 1. The van der Waals surface area contributed by atoms with Crippen LogP contribution in [0.3, 0.4) is 0 Å². The van der Waals surface area contributed by atoms with Gasteiger partial charge in [-0.15, -0.1) is 0 Å². The van der Waals surface area contributed by atoms with Crippen molar-refractivity contribution >= 4 is 5.78 Å². The number of oxazole rings is 1. The van der Waals surface area contributed by atoms with Gasteiger partial charge in [-0.1, -0.05) is 18.2 Å². The summed E-state index contributed by atoms with van der Waals surface area (Å²) < 4.78 is 10.6. The second-order valence-corrected chi connectivity index (χ2v) is 5.89. The molecule has 3 aromatic rings. The number of hydrogen-bond donors (Lipinski definition) is 1. The van der Waals surface area contributed by atoms with Crippen LogP contribution in [0.15, 0.2) is 47.1 Å². The first kappa shape index (κ1) is 16.8. The molecule has 0 saturated heterocycles. The SMILES string of the molecule is COc1ccc(-c2nc(-c3cccc(CC(C)=O)c3C)co2)cc1O. The van der Waals surface area contributed by atoms with Crippen LogP contribution < -0.4 is 4.74 Å². The van der Waals surface area contributed by atoms with E-state index in [0.717, 1.165) is 16.7 Å². The van der Waals surface area contributed by atoms with Crippen LogP contribution in [-0.4, -0.2) is 23.0 Å². The van der Waals surface area contributed by atoms with Crippen molar-refractivity contribution < 1.29 is 19.1 Å². The molecule has 1 aromatic heterocycles. The normalized spacial score (nSPS) is 10.7. The fourth-order valence-corrected chi connectivity index (χ4v) is 2.77. The molecular formula is C20H19NO4. The lowest BCUT2D eigenvalue weighted by atomic mass is 9.97. The monoisotopic (exact) mass is 337 g/mol. The summed E-state index contributed by atoms with van der Waals surface area (Å²) in [6.07, 6.45) is 1.98. The van der Waals surface area contributed by atoms with Crippen LogP contribution in [0.4, 0.5) is 0 Å². The van der Waals surface area contributed by atoms with Gasteiger partial charge in [0.05, 0.1) is 7.11 Å². The van der Waals surface area contributed by atoms with E-state index in [1.165, 1.54) is 7.11 Å². The highest BCUT2D eigenvalue weighted by Crippen LogP contribution is 2.33. The van der Waals surface area contributed by atoms with E-state index in [4.69, 9.17) is 9.15 Å². The Labute approximate surface area is 145 Å². The number of benzene rings is 2. The number of phenols is 1. The Morgan fingerprint density at radius 1 is 1.28 bits per heavy atom. The molecular weight excluding hydrogens is 318 g/mol. The molecule has 0 aliphatic rings. The van der Waals surface area contributed by atoms with Crippen LogP contribution in [-0.2, 0) is 11.2 Å². The van der Waals surface area contributed by atoms with Gasteiger partial charge in [0.2, 0.25) is 5.89 Å². The molecule has 0 aliphatic heterocycles. The summed E-state index contributed by atoms with van der Waals surface area (Å²) in [5, 5.41) is 9.91. The molecule has 2 aromatic carbocycles. The highest BCUT2D eigenvalue weighted by molar-refractivity contribution is 5.79. The van der Waals surface area contributed by atoms with Gasteiger partial charge in [-0.2, -0.15) is 0 Å². The fourth-order valence-electron chi connectivity index (χ4n) is 2.77. The quantitative estimate of drug-likeness (QED) is 0.757. The van der Waals surface area contributed by atoms with Gasteiger partial charge in [0.15, 0.2) is 11.5 Å². The lowest BCUT2D eigenvalue weighted by Gasteiger charge is -2.08. The van der Waals surface area contributed by atoms with E-state index in [-0.39, 0.29) is 11.5 Å². The molecule has 1 N–H and O–H groups in total. The Morgan fingerprint density at radius 3 is 2.76 bits per heavy atom. The van der Waals surface area contributed by atoms with Crippen molar-refractivity contribution in [3.8, 4) is 34.2 Å². The van der Waals surface area contributed by atoms with Crippen LogP contribution in [0, 0.1) is 6.92 Å². The first-order valence-corrected chi connectivity index (χ1v) is 7.90. The zero-order valence-corrected chi connectivity index (χ0v) is 14.4. The van der Waals surface area contributed by atoms with E-state index in [2.05, 4.69) is 4.98 Å². The molecule has 25 heavy (non-hydrogen) atoms. The molecule has 0 fully saturated rings. The van der Waals surface area contributed by atoms with Crippen molar-refractivity contribution in [1.82, 2.24) is 4.98 Å².